The van der Waals surface area contributed by atoms with E-state index in [0.29, 0.717) is 23.9 Å². The van der Waals surface area contributed by atoms with Gasteiger partial charge in [0.2, 0.25) is 5.91 Å². The molecule has 0 aromatic rings. The van der Waals surface area contributed by atoms with Gasteiger partial charge in [0.25, 0.3) is 7.82 Å². The molecule has 0 rings (SSSR count). The summed E-state index contributed by atoms with van der Waals surface area (Å²) in [4.78, 5) is 40.0. The lowest BCUT2D eigenvalue weighted by Gasteiger charge is -2.30. The summed E-state index contributed by atoms with van der Waals surface area (Å²) in [5.41, 5.74) is 0. The SMILES string of the molecule is CC\C=C/C=C/C=C/C=C\C=C\C=C\CCCCCC(=O)OC(/C=C\CCCCCCCCCCC)C(COP(=O)([O-])OCC[N+](C)(C)C)NC(=O)CCCCCCCCCCCCCCC/C=C\C/C=C\CCCCC. The van der Waals surface area contributed by atoms with Crippen LogP contribution in [0.5, 0.6) is 0 Å². The molecule has 0 radical (unpaired) electrons. The van der Waals surface area contributed by atoms with E-state index in [1.165, 1.54) is 135 Å². The maximum absolute atomic E-state index is 13.5. The molecule has 0 aliphatic rings. The number of hydrogen-bond donors (Lipinski definition) is 1. The summed E-state index contributed by atoms with van der Waals surface area (Å²) in [6, 6.07) is -0.913. The number of likely N-dealkylation sites (N-methyl/N-ethyl adjacent to an activating group) is 1. The van der Waals surface area contributed by atoms with Gasteiger partial charge >= 0.3 is 5.97 Å². The predicted octanol–water partition coefficient (Wildman–Crippen LogP) is 18.7. The van der Waals surface area contributed by atoms with Crippen LogP contribution in [0.25, 0.3) is 0 Å². The Morgan fingerprint density at radius 2 is 0.883 bits per heavy atom. The van der Waals surface area contributed by atoms with Crippen LogP contribution in [0.3, 0.4) is 0 Å². The first kappa shape index (κ1) is 73.7. The molecule has 442 valence electrons. The van der Waals surface area contributed by atoms with Crippen LogP contribution in [0.4, 0.5) is 0 Å². The van der Waals surface area contributed by atoms with Crippen molar-refractivity contribution < 1.29 is 37.3 Å². The number of amides is 1. The van der Waals surface area contributed by atoms with Gasteiger partial charge in [-0.05, 0) is 83.1 Å². The smallest absolute Gasteiger partial charge is 0.306 e. The fourth-order valence-corrected chi connectivity index (χ4v) is 9.25. The summed E-state index contributed by atoms with van der Waals surface area (Å²) in [6.07, 6.45) is 76.3. The molecule has 0 saturated carbocycles. The number of carbonyl (C=O) groups is 2. The van der Waals surface area contributed by atoms with E-state index in [-0.39, 0.29) is 24.9 Å². The Morgan fingerprint density at radius 3 is 1.39 bits per heavy atom. The molecule has 10 heteroatoms. The Bertz CT molecular complexity index is 1690. The second kappa shape index (κ2) is 56.0. The van der Waals surface area contributed by atoms with Crippen LogP contribution >= 0.6 is 7.82 Å². The third kappa shape index (κ3) is 57.2. The number of ether oxygens (including phenoxy) is 1. The van der Waals surface area contributed by atoms with Gasteiger partial charge < -0.3 is 28.5 Å². The van der Waals surface area contributed by atoms with Crippen LogP contribution in [-0.4, -0.2) is 69.4 Å². The molecule has 3 unspecified atom stereocenters. The summed E-state index contributed by atoms with van der Waals surface area (Å²) in [6.45, 7) is 6.63. The van der Waals surface area contributed by atoms with Crippen LogP contribution in [0.15, 0.2) is 109 Å². The van der Waals surface area contributed by atoms with Gasteiger partial charge in [-0.3, -0.25) is 14.2 Å². The number of quaternary nitrogens is 1. The fraction of sp³-hybridized carbons (Fsp3) is 0.701. The Labute approximate surface area is 474 Å². The lowest BCUT2D eigenvalue weighted by Crippen LogP contribution is -2.47. The number of hydrogen-bond acceptors (Lipinski definition) is 7. The van der Waals surface area contributed by atoms with E-state index >= 15 is 0 Å². The summed E-state index contributed by atoms with van der Waals surface area (Å²) < 4.78 is 30.3. The van der Waals surface area contributed by atoms with E-state index in [4.69, 9.17) is 13.8 Å². The third-order valence-electron chi connectivity index (χ3n) is 13.3. The fourth-order valence-electron chi connectivity index (χ4n) is 8.52. The van der Waals surface area contributed by atoms with Crippen LogP contribution < -0.4 is 10.2 Å². The molecule has 0 aromatic carbocycles. The summed E-state index contributed by atoms with van der Waals surface area (Å²) >= 11 is 0. The first-order valence-electron chi connectivity index (χ1n) is 31.3. The predicted molar refractivity (Wildman–Crippen MR) is 330 cm³/mol. The lowest BCUT2D eigenvalue weighted by molar-refractivity contribution is -0.870. The molecule has 1 amide bonds. The van der Waals surface area contributed by atoms with Gasteiger partial charge in [-0.1, -0.05) is 265 Å². The number of phosphoric ester groups is 1. The van der Waals surface area contributed by atoms with Crippen molar-refractivity contribution in [1.82, 2.24) is 5.32 Å². The topological polar surface area (TPSA) is 114 Å². The standard InChI is InChI=1S/C67H117N2O7P/c1-7-10-13-16-19-22-25-27-29-31-32-33-34-35-36-38-39-41-44-47-50-53-56-59-66(70)68-64(63-75-77(72,73)74-62-61-69(4,5)6)65(58-55-52-49-46-43-24-21-18-15-12-9-3)76-67(71)60-57-54-51-48-45-42-40-37-30-28-26-23-20-17-14-11-8-2/h11,14,17,19-20,22-23,26-30,37,40,42,45,55,58,64-65H,7-10,12-13,15-16,18,21,24-25,31-36,38-39,41,43-44,46-54,56-57,59-63H2,1-6H3,(H-,68,70,72,73)/b14-11-,20-17+,22-19-,26-23+,29-27-,30-28-,40-37+,45-42+,58-55-. The number of nitrogens with one attached hydrogen (secondary N) is 1. The van der Waals surface area contributed by atoms with Crippen LogP contribution in [0.1, 0.15) is 252 Å². The quantitative estimate of drug-likeness (QED) is 0.0161. The van der Waals surface area contributed by atoms with Crippen molar-refractivity contribution >= 4 is 19.7 Å². The zero-order chi connectivity index (χ0) is 56.4. The second-order valence-electron chi connectivity index (χ2n) is 22.0. The molecule has 77 heavy (non-hydrogen) atoms. The molecule has 0 aromatic heterocycles. The van der Waals surface area contributed by atoms with Crippen LogP contribution in [-0.2, 0) is 27.9 Å². The number of allylic oxidation sites excluding steroid dienone is 17. The van der Waals surface area contributed by atoms with Gasteiger partial charge in [-0.2, -0.15) is 0 Å². The van der Waals surface area contributed by atoms with Crippen LogP contribution in [0, 0.1) is 0 Å². The molecular formula is C67H117N2O7P. The van der Waals surface area contributed by atoms with E-state index in [1.54, 1.807) is 0 Å². The van der Waals surface area contributed by atoms with Gasteiger partial charge in [0.1, 0.15) is 19.3 Å². The number of unbranched alkanes of at least 4 members (excludes halogenated alkanes) is 28. The van der Waals surface area contributed by atoms with Gasteiger partial charge in [-0.15, -0.1) is 0 Å². The van der Waals surface area contributed by atoms with Crippen molar-refractivity contribution in [2.45, 2.75) is 264 Å². The average Bonchev–Trinajstić information content (AvgIpc) is 3.39. The maximum atomic E-state index is 13.5. The highest BCUT2D eigenvalue weighted by molar-refractivity contribution is 7.45. The first-order valence-corrected chi connectivity index (χ1v) is 32.7. The van der Waals surface area contributed by atoms with Crippen molar-refractivity contribution in [2.24, 2.45) is 0 Å². The van der Waals surface area contributed by atoms with E-state index in [2.05, 4.69) is 62.5 Å². The Hall–Kier alpha value is -3.33. The van der Waals surface area contributed by atoms with Gasteiger partial charge in [0.05, 0.1) is 33.8 Å². The molecule has 9 nitrogen and oxygen atoms in total. The molecule has 1 N–H and O–H groups in total. The molecule has 0 spiro atoms. The highest BCUT2D eigenvalue weighted by Crippen LogP contribution is 2.38. The molecule has 0 bridgehead atoms. The Balaban J connectivity index is 5.23. The highest BCUT2D eigenvalue weighted by atomic mass is 31.2. The second-order valence-corrected chi connectivity index (χ2v) is 23.4. The molecule has 0 aliphatic carbocycles. The minimum atomic E-state index is -4.71. The number of esters is 1. The lowest BCUT2D eigenvalue weighted by atomic mass is 10.0. The van der Waals surface area contributed by atoms with E-state index in [0.717, 1.165) is 77.0 Å². The summed E-state index contributed by atoms with van der Waals surface area (Å²) in [5.74, 6) is -0.597. The number of carbonyl (C=O) groups excluding carboxylic acids is 2. The van der Waals surface area contributed by atoms with Gasteiger partial charge in [0, 0.05) is 12.8 Å². The van der Waals surface area contributed by atoms with Crippen LogP contribution in [0.2, 0.25) is 0 Å². The molecule has 0 saturated heterocycles. The third-order valence-corrected chi connectivity index (χ3v) is 14.3. The van der Waals surface area contributed by atoms with Crippen molar-refractivity contribution in [3.8, 4) is 0 Å². The average molecular weight is 1090 g/mol. The van der Waals surface area contributed by atoms with Crippen molar-refractivity contribution in [1.29, 1.82) is 0 Å². The number of phosphoric acid groups is 1. The molecular weight excluding hydrogens is 976 g/mol. The molecule has 0 heterocycles. The first-order chi connectivity index (χ1) is 37.4. The van der Waals surface area contributed by atoms with Gasteiger partial charge in [0.15, 0.2) is 0 Å². The summed E-state index contributed by atoms with van der Waals surface area (Å²) in [5, 5.41) is 3.01. The summed E-state index contributed by atoms with van der Waals surface area (Å²) in [7, 11) is 1.14. The largest absolute Gasteiger partial charge is 0.756 e. The highest BCUT2D eigenvalue weighted by Gasteiger charge is 2.27. The minimum Gasteiger partial charge on any atom is -0.756 e. The van der Waals surface area contributed by atoms with E-state index in [9.17, 15) is 19.0 Å². The zero-order valence-corrected chi connectivity index (χ0v) is 51.3. The number of nitrogens with zero attached hydrogens (tertiary/aromatic N) is 1. The normalized spacial score (nSPS) is 14.4. The molecule has 0 fully saturated rings. The van der Waals surface area contributed by atoms with Crippen molar-refractivity contribution in [3.63, 3.8) is 0 Å². The van der Waals surface area contributed by atoms with Crippen molar-refractivity contribution in [3.05, 3.63) is 109 Å². The zero-order valence-electron chi connectivity index (χ0n) is 50.4. The minimum absolute atomic E-state index is 0.0352. The monoisotopic (exact) mass is 1090 g/mol. The Kier molecular flexibility index (Phi) is 53.5. The van der Waals surface area contributed by atoms with Crippen molar-refractivity contribution in [2.75, 3.05) is 40.9 Å². The Morgan fingerprint density at radius 1 is 0.481 bits per heavy atom. The molecule has 0 aliphatic heterocycles. The van der Waals surface area contributed by atoms with E-state index < -0.39 is 26.6 Å². The molecule has 3 atom stereocenters. The maximum Gasteiger partial charge on any atom is 0.306 e. The van der Waals surface area contributed by atoms with Gasteiger partial charge in [-0.25, -0.2) is 0 Å². The van der Waals surface area contributed by atoms with E-state index in [1.807, 2.05) is 94.1 Å². The number of rotatable bonds is 55.